The van der Waals surface area contributed by atoms with Crippen molar-refractivity contribution in [2.24, 2.45) is 0 Å². The number of fused-ring (bicyclic) bond motifs is 1. The summed E-state index contributed by atoms with van der Waals surface area (Å²) in [5, 5.41) is 17.2. The minimum atomic E-state index is -1.24. The van der Waals surface area contributed by atoms with E-state index >= 15 is 0 Å². The number of rotatable bonds is 5. The number of halogens is 2. The van der Waals surface area contributed by atoms with E-state index in [1.165, 1.54) is 12.3 Å². The summed E-state index contributed by atoms with van der Waals surface area (Å²) in [7, 11) is 0. The predicted octanol–water partition coefficient (Wildman–Crippen LogP) is 3.75. The summed E-state index contributed by atoms with van der Waals surface area (Å²) < 4.78 is 29.7. The van der Waals surface area contributed by atoms with Crippen molar-refractivity contribution in [3.63, 3.8) is 0 Å². The molecule has 1 aliphatic heterocycles. The van der Waals surface area contributed by atoms with E-state index in [2.05, 4.69) is 35.5 Å². The molecule has 35 heavy (non-hydrogen) atoms. The monoisotopic (exact) mass is 477 g/mol. The Labute approximate surface area is 201 Å². The number of hydrogen-bond donors (Lipinski definition) is 3. The van der Waals surface area contributed by atoms with Crippen LogP contribution in [0.15, 0.2) is 48.9 Å². The molecule has 0 amide bonds. The third kappa shape index (κ3) is 4.75. The van der Waals surface area contributed by atoms with E-state index in [0.717, 1.165) is 38.1 Å². The zero-order chi connectivity index (χ0) is 24.6. The Balaban J connectivity index is 1.47. The number of aliphatic hydroxyl groups is 1. The van der Waals surface area contributed by atoms with Crippen molar-refractivity contribution in [2.45, 2.75) is 19.4 Å². The second kappa shape index (κ2) is 9.12. The Morgan fingerprint density at radius 2 is 1.80 bits per heavy atom. The zero-order valence-electron chi connectivity index (χ0n) is 19.4. The van der Waals surface area contributed by atoms with Crippen LogP contribution in [0.1, 0.15) is 19.4 Å². The Morgan fingerprint density at radius 1 is 1.00 bits per heavy atom. The average Bonchev–Trinajstić information content (AvgIpc) is 2.85. The van der Waals surface area contributed by atoms with Gasteiger partial charge in [-0.05, 0) is 49.7 Å². The molecule has 0 unspecified atom stereocenters. The summed E-state index contributed by atoms with van der Waals surface area (Å²) in [5.41, 5.74) is 0.469. The van der Waals surface area contributed by atoms with Gasteiger partial charge in [0.1, 0.15) is 22.8 Å². The van der Waals surface area contributed by atoms with E-state index in [1.807, 2.05) is 6.07 Å². The van der Waals surface area contributed by atoms with E-state index in [-0.39, 0.29) is 22.7 Å². The normalized spacial score (nSPS) is 14.4. The molecule has 0 radical (unpaired) electrons. The summed E-state index contributed by atoms with van der Waals surface area (Å²) in [6.45, 7) is 6.86. The Morgan fingerprint density at radius 3 is 2.51 bits per heavy atom. The van der Waals surface area contributed by atoms with Crippen molar-refractivity contribution < 1.29 is 13.9 Å². The Hall–Kier alpha value is -3.76. The molecule has 1 aromatic carbocycles. The third-order valence-electron chi connectivity index (χ3n) is 5.94. The third-order valence-corrected chi connectivity index (χ3v) is 5.94. The molecule has 8 nitrogen and oxygen atoms in total. The van der Waals surface area contributed by atoms with Crippen LogP contribution in [-0.4, -0.2) is 51.2 Å². The highest BCUT2D eigenvalue weighted by molar-refractivity contribution is 5.88. The van der Waals surface area contributed by atoms with Crippen molar-refractivity contribution in [3.05, 3.63) is 66.1 Å². The number of pyridine rings is 2. The van der Waals surface area contributed by atoms with Gasteiger partial charge in [-0.3, -0.25) is 4.98 Å². The highest BCUT2D eigenvalue weighted by Crippen LogP contribution is 2.33. The molecular formula is C25H25F2N7O. The van der Waals surface area contributed by atoms with Gasteiger partial charge >= 0.3 is 0 Å². The second-order valence-electron chi connectivity index (χ2n) is 8.93. The van der Waals surface area contributed by atoms with Crippen LogP contribution in [0.3, 0.4) is 0 Å². The van der Waals surface area contributed by atoms with E-state index in [4.69, 9.17) is 0 Å². The molecule has 4 aromatic rings. The molecule has 0 bridgehead atoms. The number of benzene rings is 1. The number of anilines is 3. The molecule has 0 spiro atoms. The van der Waals surface area contributed by atoms with Crippen molar-refractivity contribution in [3.8, 4) is 11.3 Å². The van der Waals surface area contributed by atoms with E-state index in [1.54, 1.807) is 38.2 Å². The maximum absolute atomic E-state index is 14.9. The molecule has 1 fully saturated rings. The average molecular weight is 478 g/mol. The molecular weight excluding hydrogens is 452 g/mol. The van der Waals surface area contributed by atoms with E-state index in [9.17, 15) is 13.9 Å². The van der Waals surface area contributed by atoms with Crippen LogP contribution in [-0.2, 0) is 5.60 Å². The molecule has 0 aliphatic carbocycles. The van der Waals surface area contributed by atoms with Crippen molar-refractivity contribution >= 4 is 28.4 Å². The number of aromatic nitrogens is 4. The van der Waals surface area contributed by atoms with Crippen LogP contribution >= 0.6 is 0 Å². The number of nitrogens with zero attached hydrogens (tertiary/aromatic N) is 5. The SMILES string of the molecule is CC(C)(O)c1ccnc2c(F)cc(-c3nc(Nc4ccc(N5CCNCC5)cn4)ncc3F)cc12. The van der Waals surface area contributed by atoms with Crippen LogP contribution < -0.4 is 15.5 Å². The lowest BCUT2D eigenvalue weighted by atomic mass is 9.93. The highest BCUT2D eigenvalue weighted by Gasteiger charge is 2.22. The van der Waals surface area contributed by atoms with Gasteiger partial charge in [0, 0.05) is 43.3 Å². The number of piperazine rings is 1. The van der Waals surface area contributed by atoms with Gasteiger partial charge in [0.15, 0.2) is 5.82 Å². The standard InChI is InChI=1S/C25H25F2N7O/c1-25(2,35)18-5-6-29-23-17(18)11-15(12-19(23)26)22-20(27)14-31-24(33-22)32-21-4-3-16(13-30-21)34-9-7-28-8-10-34/h3-6,11-14,28,35H,7-10H2,1-2H3,(H,30,31,32,33). The van der Waals surface area contributed by atoms with E-state index in [0.29, 0.717) is 16.8 Å². The topological polar surface area (TPSA) is 99.1 Å². The first-order chi connectivity index (χ1) is 16.8. The van der Waals surface area contributed by atoms with Crippen LogP contribution in [0, 0.1) is 11.6 Å². The minimum Gasteiger partial charge on any atom is -0.386 e. The smallest absolute Gasteiger partial charge is 0.229 e. The first-order valence-electron chi connectivity index (χ1n) is 11.3. The molecule has 0 atom stereocenters. The summed E-state index contributed by atoms with van der Waals surface area (Å²) in [4.78, 5) is 19.0. The van der Waals surface area contributed by atoms with Gasteiger partial charge in [-0.25, -0.2) is 23.7 Å². The fraction of sp³-hybridized carbons (Fsp3) is 0.280. The van der Waals surface area contributed by atoms with E-state index < -0.39 is 17.2 Å². The fourth-order valence-corrected chi connectivity index (χ4v) is 4.20. The van der Waals surface area contributed by atoms with Gasteiger partial charge in [-0.15, -0.1) is 0 Å². The van der Waals surface area contributed by atoms with Gasteiger partial charge in [-0.1, -0.05) is 0 Å². The van der Waals surface area contributed by atoms with Gasteiger partial charge in [0.2, 0.25) is 5.95 Å². The van der Waals surface area contributed by atoms with Crippen LogP contribution in [0.2, 0.25) is 0 Å². The maximum atomic E-state index is 14.9. The van der Waals surface area contributed by atoms with Gasteiger partial charge < -0.3 is 20.6 Å². The summed E-state index contributed by atoms with van der Waals surface area (Å²) >= 11 is 0. The lowest BCUT2D eigenvalue weighted by Crippen LogP contribution is -2.43. The summed E-state index contributed by atoms with van der Waals surface area (Å²) in [6.07, 6.45) is 4.23. The summed E-state index contributed by atoms with van der Waals surface area (Å²) in [5.74, 6) is -0.718. The summed E-state index contributed by atoms with van der Waals surface area (Å²) in [6, 6.07) is 8.13. The van der Waals surface area contributed by atoms with Gasteiger partial charge in [0.05, 0.1) is 23.7 Å². The van der Waals surface area contributed by atoms with Crippen LogP contribution in [0.25, 0.3) is 22.2 Å². The van der Waals surface area contributed by atoms with Gasteiger partial charge in [0.25, 0.3) is 0 Å². The number of nitrogens with one attached hydrogen (secondary N) is 2. The molecule has 3 aromatic heterocycles. The first-order valence-corrected chi connectivity index (χ1v) is 11.3. The van der Waals surface area contributed by atoms with Crippen molar-refractivity contribution in [2.75, 3.05) is 36.4 Å². The quantitative estimate of drug-likeness (QED) is 0.400. The molecule has 180 valence electrons. The minimum absolute atomic E-state index is 0.0775. The van der Waals surface area contributed by atoms with Crippen molar-refractivity contribution in [1.29, 1.82) is 0 Å². The Kier molecular flexibility index (Phi) is 6.00. The predicted molar refractivity (Wildman–Crippen MR) is 131 cm³/mol. The maximum Gasteiger partial charge on any atom is 0.229 e. The first kappa shape index (κ1) is 23.0. The molecule has 3 N–H and O–H groups in total. The van der Waals surface area contributed by atoms with Crippen LogP contribution in [0.5, 0.6) is 0 Å². The molecule has 4 heterocycles. The molecule has 1 saturated heterocycles. The number of hydrogen-bond acceptors (Lipinski definition) is 8. The van der Waals surface area contributed by atoms with Crippen LogP contribution in [0.4, 0.5) is 26.2 Å². The fourth-order valence-electron chi connectivity index (χ4n) is 4.20. The largest absolute Gasteiger partial charge is 0.386 e. The zero-order valence-corrected chi connectivity index (χ0v) is 19.4. The molecule has 0 saturated carbocycles. The lowest BCUT2D eigenvalue weighted by Gasteiger charge is -2.29. The lowest BCUT2D eigenvalue weighted by molar-refractivity contribution is 0.0801. The Bertz CT molecular complexity index is 1370. The molecule has 10 heteroatoms. The van der Waals surface area contributed by atoms with Crippen molar-refractivity contribution in [1.82, 2.24) is 25.3 Å². The molecule has 5 rings (SSSR count). The van der Waals surface area contributed by atoms with Gasteiger partial charge in [-0.2, -0.15) is 0 Å². The highest BCUT2D eigenvalue weighted by atomic mass is 19.1. The molecule has 1 aliphatic rings. The second-order valence-corrected chi connectivity index (χ2v) is 8.93.